The summed E-state index contributed by atoms with van der Waals surface area (Å²) in [7, 11) is 1.55. The lowest BCUT2D eigenvalue weighted by molar-refractivity contribution is 0.174. The van der Waals surface area contributed by atoms with E-state index in [1.54, 1.807) is 19.5 Å². The van der Waals surface area contributed by atoms with Crippen molar-refractivity contribution in [3.8, 4) is 28.8 Å². The van der Waals surface area contributed by atoms with Crippen LogP contribution in [0.25, 0.3) is 22.2 Å². The number of hydrogen-bond acceptors (Lipinski definition) is 6. The third kappa shape index (κ3) is 2.14. The molecule has 1 fully saturated rings. The molecule has 2 aliphatic rings. The Balaban J connectivity index is 1.70. The van der Waals surface area contributed by atoms with Crippen molar-refractivity contribution in [2.45, 2.75) is 18.8 Å². The highest BCUT2D eigenvalue weighted by Crippen LogP contribution is 2.46. The average Bonchev–Trinajstić information content (AvgIpc) is 3.37. The first-order chi connectivity index (χ1) is 11.8. The molecule has 3 heterocycles. The molecule has 0 saturated heterocycles. The second kappa shape index (κ2) is 5.06. The Morgan fingerprint density at radius 3 is 2.50 bits per heavy atom. The summed E-state index contributed by atoms with van der Waals surface area (Å²) in [5, 5.41) is 1.14. The molecule has 0 radical (unpaired) electrons. The van der Waals surface area contributed by atoms with Crippen molar-refractivity contribution >= 4 is 10.9 Å². The highest BCUT2D eigenvalue weighted by molar-refractivity contribution is 5.89. The maximum atomic E-state index is 5.52. The summed E-state index contributed by atoms with van der Waals surface area (Å²) in [5.74, 6) is 2.14. The van der Waals surface area contributed by atoms with Gasteiger partial charge in [0.2, 0.25) is 6.79 Å². The number of ether oxygens (including phenoxy) is 3. The number of pyridine rings is 1. The summed E-state index contributed by atoms with van der Waals surface area (Å²) < 4.78 is 16.0. The third-order valence-corrected chi connectivity index (χ3v) is 4.46. The van der Waals surface area contributed by atoms with E-state index in [0.29, 0.717) is 11.9 Å². The predicted molar refractivity (Wildman–Crippen MR) is 87.4 cm³/mol. The Hall–Kier alpha value is -2.89. The third-order valence-electron chi connectivity index (χ3n) is 4.46. The van der Waals surface area contributed by atoms with Crippen molar-refractivity contribution in [2.24, 2.45) is 0 Å². The lowest BCUT2D eigenvalue weighted by Crippen LogP contribution is -1.95. The van der Waals surface area contributed by atoms with E-state index in [2.05, 4.69) is 16.0 Å². The van der Waals surface area contributed by atoms with Gasteiger partial charge in [-0.15, -0.1) is 0 Å². The van der Waals surface area contributed by atoms with Crippen molar-refractivity contribution < 1.29 is 14.2 Å². The van der Waals surface area contributed by atoms with Crippen LogP contribution in [0.3, 0.4) is 0 Å². The normalized spacial score (nSPS) is 15.7. The molecule has 1 saturated carbocycles. The minimum atomic E-state index is 0.267. The molecule has 0 spiro atoms. The highest BCUT2D eigenvalue weighted by atomic mass is 16.7. The van der Waals surface area contributed by atoms with Crippen LogP contribution in [0.5, 0.6) is 17.5 Å². The lowest BCUT2D eigenvalue weighted by atomic mass is 10.0. The highest BCUT2D eigenvalue weighted by Gasteiger charge is 2.28. The van der Waals surface area contributed by atoms with Crippen molar-refractivity contribution in [3.63, 3.8) is 0 Å². The number of rotatable bonds is 3. The molecule has 5 rings (SSSR count). The van der Waals surface area contributed by atoms with Gasteiger partial charge in [-0.2, -0.15) is 0 Å². The van der Waals surface area contributed by atoms with Crippen molar-refractivity contribution in [3.05, 3.63) is 36.2 Å². The first kappa shape index (κ1) is 13.5. The first-order valence-corrected chi connectivity index (χ1v) is 7.92. The molecular formula is C18H15N3O3. The summed E-state index contributed by atoms with van der Waals surface area (Å²) in [5.41, 5.74) is 3.96. The van der Waals surface area contributed by atoms with Gasteiger partial charge in [0.25, 0.3) is 0 Å². The van der Waals surface area contributed by atoms with Crippen LogP contribution < -0.4 is 14.2 Å². The van der Waals surface area contributed by atoms with E-state index in [1.165, 1.54) is 18.4 Å². The summed E-state index contributed by atoms with van der Waals surface area (Å²) in [6, 6.07) is 6.50. The molecule has 1 aliphatic heterocycles. The SMILES string of the molecule is COc1ncc(-c2cc(C3CC3)c3cc4c(cc3n2)OCO4)cn1. The van der Waals surface area contributed by atoms with E-state index >= 15 is 0 Å². The number of aromatic nitrogens is 3. The maximum Gasteiger partial charge on any atom is 0.316 e. The van der Waals surface area contributed by atoms with Crippen LogP contribution in [-0.2, 0) is 0 Å². The number of methoxy groups -OCH3 is 1. The fraction of sp³-hybridized carbons (Fsp3) is 0.278. The number of hydrogen-bond donors (Lipinski definition) is 0. The smallest absolute Gasteiger partial charge is 0.316 e. The van der Waals surface area contributed by atoms with Crippen LogP contribution in [0.15, 0.2) is 30.6 Å². The summed E-state index contributed by atoms with van der Waals surface area (Å²) >= 11 is 0. The molecular weight excluding hydrogens is 306 g/mol. The summed E-state index contributed by atoms with van der Waals surface area (Å²) in [6.45, 7) is 0.267. The van der Waals surface area contributed by atoms with Gasteiger partial charge in [0.1, 0.15) is 0 Å². The van der Waals surface area contributed by atoms with Gasteiger partial charge in [0, 0.05) is 29.4 Å². The van der Waals surface area contributed by atoms with E-state index in [-0.39, 0.29) is 6.79 Å². The largest absolute Gasteiger partial charge is 0.467 e. The molecule has 6 heteroatoms. The Bertz CT molecular complexity index is 936. The standard InChI is InChI=1S/C18H15N3O3/c1-22-18-19-7-11(8-20-18)14-4-12(10-2-3-10)13-5-16-17(24-9-23-16)6-15(13)21-14/h4-8,10H,2-3,9H2,1H3. The van der Waals surface area contributed by atoms with Gasteiger partial charge in [-0.25, -0.2) is 15.0 Å². The fourth-order valence-electron chi connectivity index (χ4n) is 3.08. The Labute approximate surface area is 138 Å². The topological polar surface area (TPSA) is 66.4 Å². The van der Waals surface area contributed by atoms with Crippen LogP contribution in [0, 0.1) is 0 Å². The predicted octanol–water partition coefficient (Wildman–Crippen LogP) is 3.31. The molecule has 0 amide bonds. The van der Waals surface area contributed by atoms with Gasteiger partial charge in [0.15, 0.2) is 11.5 Å². The van der Waals surface area contributed by atoms with Gasteiger partial charge < -0.3 is 14.2 Å². The molecule has 120 valence electrons. The first-order valence-electron chi connectivity index (χ1n) is 7.92. The second-order valence-electron chi connectivity index (χ2n) is 6.05. The van der Waals surface area contributed by atoms with E-state index in [1.807, 2.05) is 12.1 Å². The van der Waals surface area contributed by atoms with Crippen molar-refractivity contribution in [2.75, 3.05) is 13.9 Å². The fourth-order valence-corrected chi connectivity index (χ4v) is 3.08. The molecule has 1 aliphatic carbocycles. The van der Waals surface area contributed by atoms with E-state index in [9.17, 15) is 0 Å². The monoisotopic (exact) mass is 321 g/mol. The Morgan fingerprint density at radius 1 is 1.04 bits per heavy atom. The second-order valence-corrected chi connectivity index (χ2v) is 6.05. The Morgan fingerprint density at radius 2 is 1.79 bits per heavy atom. The molecule has 0 N–H and O–H groups in total. The maximum absolute atomic E-state index is 5.52. The lowest BCUT2D eigenvalue weighted by Gasteiger charge is -2.10. The molecule has 0 atom stereocenters. The number of benzene rings is 1. The van der Waals surface area contributed by atoms with Crippen molar-refractivity contribution in [1.82, 2.24) is 15.0 Å². The number of fused-ring (bicyclic) bond motifs is 2. The summed E-state index contributed by atoms with van der Waals surface area (Å²) in [4.78, 5) is 13.2. The Kier molecular flexibility index (Phi) is 2.85. The molecule has 3 aromatic rings. The van der Waals surface area contributed by atoms with Crippen LogP contribution in [0.4, 0.5) is 0 Å². The zero-order valence-electron chi connectivity index (χ0n) is 13.2. The zero-order valence-corrected chi connectivity index (χ0v) is 13.2. The molecule has 24 heavy (non-hydrogen) atoms. The van der Waals surface area contributed by atoms with Crippen LogP contribution >= 0.6 is 0 Å². The molecule has 1 aromatic carbocycles. The minimum absolute atomic E-state index is 0.267. The average molecular weight is 321 g/mol. The molecule has 0 unspecified atom stereocenters. The molecule has 0 bridgehead atoms. The van der Waals surface area contributed by atoms with Crippen LogP contribution in [0.1, 0.15) is 24.3 Å². The quantitative estimate of drug-likeness (QED) is 0.737. The summed E-state index contributed by atoms with van der Waals surface area (Å²) in [6.07, 6.45) is 5.91. The van der Waals surface area contributed by atoms with Gasteiger partial charge in [-0.3, -0.25) is 0 Å². The van der Waals surface area contributed by atoms with Crippen LogP contribution in [-0.4, -0.2) is 28.9 Å². The van der Waals surface area contributed by atoms with E-state index in [4.69, 9.17) is 19.2 Å². The van der Waals surface area contributed by atoms with Crippen LogP contribution in [0.2, 0.25) is 0 Å². The minimum Gasteiger partial charge on any atom is -0.467 e. The molecule has 6 nitrogen and oxygen atoms in total. The van der Waals surface area contributed by atoms with Crippen molar-refractivity contribution in [1.29, 1.82) is 0 Å². The van der Waals surface area contributed by atoms with Gasteiger partial charge in [0.05, 0.1) is 18.3 Å². The number of nitrogens with zero attached hydrogens (tertiary/aromatic N) is 3. The van der Waals surface area contributed by atoms with E-state index in [0.717, 1.165) is 33.7 Å². The van der Waals surface area contributed by atoms with Gasteiger partial charge >= 0.3 is 6.01 Å². The zero-order chi connectivity index (χ0) is 16.1. The van der Waals surface area contributed by atoms with Gasteiger partial charge in [-0.1, -0.05) is 0 Å². The van der Waals surface area contributed by atoms with Gasteiger partial charge in [-0.05, 0) is 36.5 Å². The molecule has 2 aromatic heterocycles. The van der Waals surface area contributed by atoms with E-state index < -0.39 is 0 Å².